The van der Waals surface area contributed by atoms with Crippen LogP contribution in [0.5, 0.6) is 0 Å². The van der Waals surface area contributed by atoms with Gasteiger partial charge in [-0.05, 0) is 7.05 Å². The van der Waals surface area contributed by atoms with E-state index in [9.17, 15) is 22.8 Å². The Morgan fingerprint density at radius 2 is 1.90 bits per heavy atom. The second-order valence-electron chi connectivity index (χ2n) is 4.40. The monoisotopic (exact) mass is 295 g/mol. The highest BCUT2D eigenvalue weighted by molar-refractivity contribution is 5.29. The van der Waals surface area contributed by atoms with E-state index in [0.29, 0.717) is 0 Å². The maximum absolute atomic E-state index is 12.1. The number of nitrogens with one attached hydrogen (secondary N) is 1. The van der Waals surface area contributed by atoms with Crippen molar-refractivity contribution >= 4 is 5.82 Å². The van der Waals surface area contributed by atoms with Crippen LogP contribution in [-0.4, -0.2) is 52.1 Å². The van der Waals surface area contributed by atoms with Crippen LogP contribution < -0.4 is 16.6 Å². The minimum atomic E-state index is -4.26. The molecule has 0 atom stereocenters. The van der Waals surface area contributed by atoms with E-state index in [-0.39, 0.29) is 18.9 Å². The molecule has 0 amide bonds. The molecule has 0 radical (unpaired) electrons. The van der Waals surface area contributed by atoms with E-state index >= 15 is 0 Å². The Bertz CT molecular complexity index is 578. The van der Waals surface area contributed by atoms with Crippen molar-refractivity contribution in [3.8, 4) is 0 Å². The van der Waals surface area contributed by atoms with Gasteiger partial charge < -0.3 is 5.32 Å². The van der Waals surface area contributed by atoms with Gasteiger partial charge in [0.1, 0.15) is 0 Å². The van der Waals surface area contributed by atoms with Gasteiger partial charge in [0.05, 0.1) is 6.54 Å². The van der Waals surface area contributed by atoms with E-state index in [4.69, 9.17) is 0 Å². The molecule has 0 saturated heterocycles. The zero-order chi connectivity index (χ0) is 15.5. The third-order valence-corrected chi connectivity index (χ3v) is 2.56. The van der Waals surface area contributed by atoms with Gasteiger partial charge >= 0.3 is 11.9 Å². The van der Waals surface area contributed by atoms with Crippen LogP contribution in [0.25, 0.3) is 0 Å². The second kappa shape index (κ2) is 6.07. The fourth-order valence-electron chi connectivity index (χ4n) is 1.56. The van der Waals surface area contributed by atoms with E-state index in [0.717, 1.165) is 14.1 Å². The molecule has 0 spiro atoms. The quantitative estimate of drug-likeness (QED) is 0.784. The van der Waals surface area contributed by atoms with Crippen molar-refractivity contribution < 1.29 is 13.2 Å². The van der Waals surface area contributed by atoms with Crippen molar-refractivity contribution in [1.29, 1.82) is 0 Å². The Balaban J connectivity index is 2.64. The molecule has 1 N–H and O–H groups in total. The van der Waals surface area contributed by atoms with Crippen LogP contribution in [0.15, 0.2) is 9.59 Å². The zero-order valence-electron chi connectivity index (χ0n) is 11.4. The van der Waals surface area contributed by atoms with Gasteiger partial charge in [0.2, 0.25) is 5.82 Å². The molecule has 114 valence electrons. The van der Waals surface area contributed by atoms with Gasteiger partial charge in [-0.2, -0.15) is 13.2 Å². The Labute approximate surface area is 112 Å². The predicted molar refractivity (Wildman–Crippen MR) is 66.8 cm³/mol. The largest absolute Gasteiger partial charge is 0.401 e. The molecule has 1 rings (SSSR count). The third kappa shape index (κ3) is 4.37. The first kappa shape index (κ1) is 16.2. The summed E-state index contributed by atoms with van der Waals surface area (Å²) in [5.41, 5.74) is -1.19. The number of nitrogens with zero attached hydrogens (tertiary/aromatic N) is 4. The van der Waals surface area contributed by atoms with Gasteiger partial charge in [-0.3, -0.25) is 14.3 Å². The lowest BCUT2D eigenvalue weighted by Gasteiger charge is -2.18. The summed E-state index contributed by atoms with van der Waals surface area (Å²) in [6, 6.07) is 0. The molecule has 1 aromatic heterocycles. The number of hydrogen-bond donors (Lipinski definition) is 1. The zero-order valence-corrected chi connectivity index (χ0v) is 11.4. The minimum Gasteiger partial charge on any atom is -0.363 e. The molecule has 0 aromatic carbocycles. The van der Waals surface area contributed by atoms with Crippen LogP contribution in [0.4, 0.5) is 19.0 Å². The van der Waals surface area contributed by atoms with Crippen molar-refractivity contribution in [1.82, 2.24) is 19.2 Å². The van der Waals surface area contributed by atoms with Crippen LogP contribution >= 0.6 is 0 Å². The minimum absolute atomic E-state index is 0.0741. The van der Waals surface area contributed by atoms with Crippen molar-refractivity contribution in [2.45, 2.75) is 6.18 Å². The topological polar surface area (TPSA) is 72.2 Å². The molecule has 20 heavy (non-hydrogen) atoms. The van der Waals surface area contributed by atoms with Gasteiger partial charge in [-0.25, -0.2) is 9.48 Å². The lowest BCUT2D eigenvalue weighted by molar-refractivity contribution is -0.142. The number of anilines is 1. The van der Waals surface area contributed by atoms with Gasteiger partial charge in [0.25, 0.3) is 5.56 Å². The lowest BCUT2D eigenvalue weighted by Crippen LogP contribution is -2.41. The highest BCUT2D eigenvalue weighted by Gasteiger charge is 2.28. The molecule has 0 aliphatic rings. The maximum atomic E-state index is 12.1. The number of alkyl halides is 3. The van der Waals surface area contributed by atoms with Crippen LogP contribution in [0.3, 0.4) is 0 Å². The third-order valence-electron chi connectivity index (χ3n) is 2.56. The molecule has 7 nitrogen and oxygen atoms in total. The summed E-state index contributed by atoms with van der Waals surface area (Å²) in [6.45, 7) is -0.854. The first-order valence-corrected chi connectivity index (χ1v) is 5.75. The SMILES string of the molecule is CN(CCNc1nn(C)c(=O)n(C)c1=O)CC(F)(F)F. The highest BCUT2D eigenvalue weighted by atomic mass is 19.4. The fourth-order valence-corrected chi connectivity index (χ4v) is 1.56. The summed E-state index contributed by atoms with van der Waals surface area (Å²) < 4.78 is 38.2. The smallest absolute Gasteiger partial charge is 0.363 e. The van der Waals surface area contributed by atoms with E-state index in [1.807, 2.05) is 0 Å². The first-order valence-electron chi connectivity index (χ1n) is 5.75. The summed E-state index contributed by atoms with van der Waals surface area (Å²) in [5.74, 6) is -0.0741. The van der Waals surface area contributed by atoms with Crippen LogP contribution in [0.1, 0.15) is 0 Å². The standard InChI is InChI=1S/C10H16F3N5O2/c1-16(6-10(11,12)13)5-4-14-7-8(19)17(2)9(20)18(3)15-7/h4-6H2,1-3H3,(H,14,15). The Kier molecular flexibility index (Phi) is 4.93. The Morgan fingerprint density at radius 3 is 2.45 bits per heavy atom. The maximum Gasteiger partial charge on any atom is 0.401 e. The van der Waals surface area contributed by atoms with Crippen molar-refractivity contribution in [2.75, 3.05) is 32.0 Å². The molecule has 0 fully saturated rings. The van der Waals surface area contributed by atoms with Crippen LogP contribution in [0.2, 0.25) is 0 Å². The second-order valence-corrected chi connectivity index (χ2v) is 4.40. The summed E-state index contributed by atoms with van der Waals surface area (Å²) in [7, 11) is 4.00. The molecule has 10 heteroatoms. The van der Waals surface area contributed by atoms with Gasteiger partial charge in [0.15, 0.2) is 0 Å². The number of rotatable bonds is 5. The van der Waals surface area contributed by atoms with E-state index in [1.165, 1.54) is 21.1 Å². The van der Waals surface area contributed by atoms with Crippen LogP contribution in [-0.2, 0) is 14.1 Å². The van der Waals surface area contributed by atoms with Crippen LogP contribution in [0, 0.1) is 0 Å². The molecule has 1 heterocycles. The molecule has 0 aliphatic heterocycles. The van der Waals surface area contributed by atoms with Gasteiger partial charge in [0, 0.05) is 27.2 Å². The molecular formula is C10H16F3N5O2. The van der Waals surface area contributed by atoms with E-state index < -0.39 is 24.0 Å². The van der Waals surface area contributed by atoms with Gasteiger partial charge in [-0.1, -0.05) is 0 Å². The Morgan fingerprint density at radius 1 is 1.30 bits per heavy atom. The number of likely N-dealkylation sites (N-methyl/N-ethyl adjacent to an activating group) is 1. The number of hydrogen-bond acceptors (Lipinski definition) is 5. The lowest BCUT2D eigenvalue weighted by atomic mass is 10.5. The molecule has 0 bridgehead atoms. The van der Waals surface area contributed by atoms with E-state index in [1.54, 1.807) is 0 Å². The molecule has 0 saturated carbocycles. The van der Waals surface area contributed by atoms with Crippen molar-refractivity contribution in [2.24, 2.45) is 14.1 Å². The Hall–Kier alpha value is -1.84. The summed E-state index contributed by atoms with van der Waals surface area (Å²) in [6.07, 6.45) is -4.26. The number of halogens is 3. The number of aromatic nitrogens is 3. The summed E-state index contributed by atoms with van der Waals surface area (Å²) in [4.78, 5) is 24.1. The summed E-state index contributed by atoms with van der Waals surface area (Å²) in [5, 5.41) is 6.35. The van der Waals surface area contributed by atoms with Crippen molar-refractivity contribution in [3.05, 3.63) is 20.8 Å². The fraction of sp³-hybridized carbons (Fsp3) is 0.700. The normalized spacial score (nSPS) is 11.9. The predicted octanol–water partition coefficient (Wildman–Crippen LogP) is -0.615. The number of aryl methyl sites for hydroxylation is 1. The van der Waals surface area contributed by atoms with Crippen molar-refractivity contribution in [3.63, 3.8) is 0 Å². The molecular weight excluding hydrogens is 279 g/mol. The first-order chi connectivity index (χ1) is 9.11. The molecule has 1 aromatic rings. The highest BCUT2D eigenvalue weighted by Crippen LogP contribution is 2.15. The molecule has 0 aliphatic carbocycles. The average Bonchev–Trinajstić information content (AvgIpc) is 2.30. The average molecular weight is 295 g/mol. The van der Waals surface area contributed by atoms with E-state index in [2.05, 4.69) is 10.4 Å². The van der Waals surface area contributed by atoms with Gasteiger partial charge in [-0.15, -0.1) is 5.10 Å². The summed E-state index contributed by atoms with van der Waals surface area (Å²) >= 11 is 0. The molecule has 0 unspecified atom stereocenters.